The van der Waals surface area contributed by atoms with Crippen molar-refractivity contribution >= 4 is 37.6 Å². The summed E-state index contributed by atoms with van der Waals surface area (Å²) in [5, 5.41) is 5.94. The Hall–Kier alpha value is -3.14. The van der Waals surface area contributed by atoms with E-state index in [1.54, 1.807) is 40.7 Å². The van der Waals surface area contributed by atoms with Crippen molar-refractivity contribution in [1.29, 1.82) is 0 Å². The molecular formula is C22H19F3N4O2S. The maximum Gasteiger partial charge on any atom is 0.416 e. The summed E-state index contributed by atoms with van der Waals surface area (Å²) in [7, 11) is -0.737. The minimum absolute atomic E-state index is 0.322. The third kappa shape index (κ3) is 3.48. The van der Waals surface area contributed by atoms with Gasteiger partial charge in [0, 0.05) is 46.8 Å². The molecule has 0 bridgehead atoms. The van der Waals surface area contributed by atoms with Crippen LogP contribution in [0.3, 0.4) is 0 Å². The van der Waals surface area contributed by atoms with Crippen LogP contribution in [0.4, 0.5) is 13.2 Å². The van der Waals surface area contributed by atoms with Gasteiger partial charge in [0.25, 0.3) is 5.91 Å². The molecular weight excluding hydrogens is 441 g/mol. The summed E-state index contributed by atoms with van der Waals surface area (Å²) in [6.45, 7) is 0. The molecule has 0 radical (unpaired) electrons. The monoisotopic (exact) mass is 460 g/mol. The van der Waals surface area contributed by atoms with E-state index >= 15 is 0 Å². The van der Waals surface area contributed by atoms with Gasteiger partial charge in [-0.3, -0.25) is 14.0 Å². The minimum atomic E-state index is -4.42. The molecule has 0 N–H and O–H groups in total. The van der Waals surface area contributed by atoms with Crippen LogP contribution in [0.2, 0.25) is 0 Å². The third-order valence-corrected chi connectivity index (χ3v) is 8.03. The Kier molecular flexibility index (Phi) is 4.66. The van der Waals surface area contributed by atoms with E-state index in [9.17, 15) is 22.2 Å². The maximum absolute atomic E-state index is 13.0. The highest BCUT2D eigenvalue weighted by Gasteiger charge is 2.30. The average Bonchev–Trinajstić information content (AvgIpc) is 3.40. The fourth-order valence-electron chi connectivity index (χ4n) is 4.14. The SMILES string of the molecule is Cn1cc2c3cc(C(=O)N=S4(=O)CCCC4)ccc3n(-c3ccc(C(F)(F)F)cc3)c2n1. The molecule has 0 spiro atoms. The third-order valence-electron chi connectivity index (χ3n) is 5.67. The van der Waals surface area contributed by atoms with Gasteiger partial charge < -0.3 is 0 Å². The van der Waals surface area contributed by atoms with Gasteiger partial charge in [0.1, 0.15) is 0 Å². The first kappa shape index (κ1) is 20.7. The molecule has 1 amide bonds. The molecule has 3 heterocycles. The van der Waals surface area contributed by atoms with E-state index < -0.39 is 27.4 Å². The normalized spacial score (nSPS) is 16.1. The van der Waals surface area contributed by atoms with Crippen LogP contribution in [0.1, 0.15) is 28.8 Å². The topological polar surface area (TPSA) is 69.2 Å². The maximum atomic E-state index is 13.0. The lowest BCUT2D eigenvalue weighted by Crippen LogP contribution is -2.06. The molecule has 5 rings (SSSR count). The van der Waals surface area contributed by atoms with Gasteiger partial charge in [-0.1, -0.05) is 0 Å². The number of hydrogen-bond acceptors (Lipinski definition) is 3. The molecule has 2 aromatic carbocycles. The van der Waals surface area contributed by atoms with Crippen molar-refractivity contribution < 1.29 is 22.2 Å². The number of alkyl halides is 3. The van der Waals surface area contributed by atoms with Crippen molar-refractivity contribution in [3.05, 3.63) is 59.8 Å². The highest BCUT2D eigenvalue weighted by Crippen LogP contribution is 2.34. The Morgan fingerprint density at radius 1 is 1.06 bits per heavy atom. The van der Waals surface area contributed by atoms with E-state index in [1.165, 1.54) is 12.1 Å². The summed E-state index contributed by atoms with van der Waals surface area (Å²) < 4.78 is 59.0. The highest BCUT2D eigenvalue weighted by molar-refractivity contribution is 7.94. The van der Waals surface area contributed by atoms with E-state index in [-0.39, 0.29) is 0 Å². The summed E-state index contributed by atoms with van der Waals surface area (Å²) >= 11 is 0. The van der Waals surface area contributed by atoms with Crippen molar-refractivity contribution in [1.82, 2.24) is 14.3 Å². The van der Waals surface area contributed by atoms with Gasteiger partial charge in [-0.05, 0) is 55.3 Å². The Bertz CT molecular complexity index is 1480. The smallest absolute Gasteiger partial charge is 0.292 e. The molecule has 0 aliphatic carbocycles. The molecule has 32 heavy (non-hydrogen) atoms. The van der Waals surface area contributed by atoms with Crippen molar-refractivity contribution in [3.8, 4) is 5.69 Å². The average molecular weight is 460 g/mol. The van der Waals surface area contributed by atoms with Crippen LogP contribution in [0.15, 0.2) is 53.0 Å². The second kappa shape index (κ2) is 7.19. The van der Waals surface area contributed by atoms with Crippen LogP contribution in [-0.2, 0) is 23.0 Å². The van der Waals surface area contributed by atoms with Crippen molar-refractivity contribution in [3.63, 3.8) is 0 Å². The number of nitrogens with zero attached hydrogens (tertiary/aromatic N) is 4. The molecule has 1 saturated heterocycles. The van der Waals surface area contributed by atoms with Crippen LogP contribution in [0.25, 0.3) is 27.6 Å². The fraction of sp³-hybridized carbons (Fsp3) is 0.273. The van der Waals surface area contributed by atoms with E-state index in [1.807, 2.05) is 0 Å². The van der Waals surface area contributed by atoms with Crippen molar-refractivity contribution in [2.24, 2.45) is 11.4 Å². The molecule has 1 aliphatic heterocycles. The minimum Gasteiger partial charge on any atom is -0.292 e. The summed E-state index contributed by atoms with van der Waals surface area (Å²) in [6.07, 6.45) is -1.01. The summed E-state index contributed by atoms with van der Waals surface area (Å²) in [4.78, 5) is 12.7. The molecule has 0 unspecified atom stereocenters. The van der Waals surface area contributed by atoms with Crippen LogP contribution >= 0.6 is 0 Å². The van der Waals surface area contributed by atoms with Crippen LogP contribution in [-0.4, -0.2) is 36.0 Å². The largest absolute Gasteiger partial charge is 0.416 e. The number of benzene rings is 2. The van der Waals surface area contributed by atoms with E-state index in [0.29, 0.717) is 33.9 Å². The fourth-order valence-corrected chi connectivity index (χ4v) is 6.24. The Morgan fingerprint density at radius 2 is 1.75 bits per heavy atom. The molecule has 0 atom stereocenters. The zero-order chi connectivity index (χ0) is 22.7. The molecule has 4 aromatic rings. The number of aromatic nitrogens is 3. The lowest BCUT2D eigenvalue weighted by atomic mass is 10.1. The Labute approximate surface area is 181 Å². The first-order valence-corrected chi connectivity index (χ1v) is 11.9. The van der Waals surface area contributed by atoms with Crippen LogP contribution < -0.4 is 0 Å². The summed E-state index contributed by atoms with van der Waals surface area (Å²) in [5.41, 5.74) is 1.37. The second-order valence-electron chi connectivity index (χ2n) is 7.94. The number of carbonyl (C=O) groups is 1. The molecule has 6 nitrogen and oxygen atoms in total. The highest BCUT2D eigenvalue weighted by atomic mass is 32.2. The number of amides is 1. The molecule has 0 saturated carbocycles. The lowest BCUT2D eigenvalue weighted by Gasteiger charge is -2.10. The van der Waals surface area contributed by atoms with E-state index in [0.717, 1.165) is 35.7 Å². The number of fused-ring (bicyclic) bond motifs is 3. The molecule has 1 aliphatic rings. The van der Waals surface area contributed by atoms with Gasteiger partial charge in [-0.15, -0.1) is 0 Å². The van der Waals surface area contributed by atoms with Gasteiger partial charge in [0.2, 0.25) is 0 Å². The van der Waals surface area contributed by atoms with Crippen LogP contribution in [0, 0.1) is 0 Å². The van der Waals surface area contributed by atoms with Gasteiger partial charge in [0.05, 0.1) is 20.8 Å². The molecule has 1 fully saturated rings. The number of rotatable bonds is 2. The Morgan fingerprint density at radius 3 is 2.41 bits per heavy atom. The van der Waals surface area contributed by atoms with Gasteiger partial charge in [-0.2, -0.15) is 22.6 Å². The zero-order valence-corrected chi connectivity index (χ0v) is 17.9. The first-order valence-electron chi connectivity index (χ1n) is 10.1. The molecule has 166 valence electrons. The van der Waals surface area contributed by atoms with Gasteiger partial charge in [0.15, 0.2) is 5.65 Å². The second-order valence-corrected chi connectivity index (χ2v) is 10.5. The predicted octanol–water partition coefficient (Wildman–Crippen LogP) is 4.94. The van der Waals surface area contributed by atoms with Gasteiger partial charge >= 0.3 is 6.18 Å². The van der Waals surface area contributed by atoms with E-state index in [4.69, 9.17) is 0 Å². The molecule has 2 aromatic heterocycles. The number of hydrogen-bond donors (Lipinski definition) is 0. The van der Waals surface area contributed by atoms with Crippen molar-refractivity contribution in [2.45, 2.75) is 19.0 Å². The van der Waals surface area contributed by atoms with Crippen molar-refractivity contribution in [2.75, 3.05) is 11.5 Å². The lowest BCUT2D eigenvalue weighted by molar-refractivity contribution is -0.137. The predicted molar refractivity (Wildman–Crippen MR) is 116 cm³/mol. The standard InChI is InChI=1S/C22H19F3N4O2S/c1-28-13-18-17-12-14(21(30)27-32(31)10-2-3-11-32)4-9-19(17)29(20(18)26-28)16-7-5-15(6-8-16)22(23,24)25/h4-9,12-13H,2-3,10-11H2,1H3. The van der Waals surface area contributed by atoms with Gasteiger partial charge in [-0.25, -0.2) is 4.21 Å². The number of halogens is 3. The van der Waals surface area contributed by atoms with Crippen LogP contribution in [0.5, 0.6) is 0 Å². The summed E-state index contributed by atoms with van der Waals surface area (Å²) in [6, 6.07) is 9.87. The number of aryl methyl sites for hydroxylation is 1. The van der Waals surface area contributed by atoms with E-state index in [2.05, 4.69) is 9.46 Å². The zero-order valence-electron chi connectivity index (χ0n) is 17.1. The first-order chi connectivity index (χ1) is 15.1. The quantitative estimate of drug-likeness (QED) is 0.426. The number of carbonyl (C=O) groups excluding carboxylic acids is 1. The molecule has 10 heteroatoms. The summed E-state index contributed by atoms with van der Waals surface area (Å²) in [5.74, 6) is 0.370. The Balaban J connectivity index is 1.66.